The van der Waals surface area contributed by atoms with E-state index in [1.54, 1.807) is 23.0 Å². The smallest absolute Gasteiger partial charge is 0.212 e. The van der Waals surface area contributed by atoms with Crippen LogP contribution in [-0.2, 0) is 4.79 Å². The van der Waals surface area contributed by atoms with Crippen molar-refractivity contribution >= 4 is 11.3 Å². The van der Waals surface area contributed by atoms with Gasteiger partial charge in [-0.05, 0) is 25.0 Å². The molecule has 148 valence electrons. The predicted molar refractivity (Wildman–Crippen MR) is 105 cm³/mol. The van der Waals surface area contributed by atoms with Crippen molar-refractivity contribution in [3.05, 3.63) is 54.6 Å². The fraction of sp³-hybridized carbons (Fsp3) is 0.238. The molecule has 0 radical (unpaired) electrons. The second-order valence-corrected chi connectivity index (χ2v) is 7.29. The third kappa shape index (κ3) is 3.12. The molecule has 0 bridgehead atoms. The topological polar surface area (TPSA) is 102 Å². The molecule has 30 heavy (non-hydrogen) atoms. The van der Waals surface area contributed by atoms with E-state index in [1.807, 2.05) is 10.9 Å². The van der Waals surface area contributed by atoms with Crippen LogP contribution in [0.4, 0.5) is 4.39 Å². The number of pyridine rings is 1. The summed E-state index contributed by atoms with van der Waals surface area (Å²) in [5.41, 5.74) is 3.39. The molecule has 0 unspecified atom stereocenters. The number of aromatic nitrogens is 6. The Morgan fingerprint density at radius 3 is 2.63 bits per heavy atom. The molecule has 4 aromatic heterocycles. The number of nitrogens with zero attached hydrogens (tertiary/aromatic N) is 7. The Balaban J connectivity index is 1.60. The van der Waals surface area contributed by atoms with Crippen LogP contribution in [0, 0.1) is 17.3 Å². The number of halogens is 1. The van der Waals surface area contributed by atoms with Crippen molar-refractivity contribution in [3.8, 4) is 28.6 Å². The van der Waals surface area contributed by atoms with Gasteiger partial charge in [-0.15, -0.1) is 0 Å². The lowest BCUT2D eigenvalue weighted by Gasteiger charge is -2.21. The van der Waals surface area contributed by atoms with Gasteiger partial charge >= 0.3 is 0 Å². The van der Waals surface area contributed by atoms with Gasteiger partial charge in [0.15, 0.2) is 0 Å². The third-order valence-corrected chi connectivity index (χ3v) is 5.40. The highest BCUT2D eigenvalue weighted by molar-refractivity contribution is 5.82. The highest BCUT2D eigenvalue weighted by Crippen LogP contribution is 2.30. The van der Waals surface area contributed by atoms with Crippen molar-refractivity contribution in [2.45, 2.75) is 31.7 Å². The largest absolute Gasteiger partial charge is 0.300 e. The molecule has 0 spiro atoms. The van der Waals surface area contributed by atoms with E-state index in [2.05, 4.69) is 21.3 Å². The SMILES string of the molecule is N#Cc1cnn2cc(-c3cnn(C4CCC(=O)CC4)c3)nc(-c3ccc(F)nc3)c12. The molecule has 0 aliphatic heterocycles. The molecule has 0 atom stereocenters. The number of fused-ring (bicyclic) bond motifs is 1. The van der Waals surface area contributed by atoms with E-state index in [4.69, 9.17) is 4.98 Å². The summed E-state index contributed by atoms with van der Waals surface area (Å²) in [6.07, 6.45) is 11.0. The highest BCUT2D eigenvalue weighted by Gasteiger charge is 2.22. The van der Waals surface area contributed by atoms with Gasteiger partial charge in [0.05, 0.1) is 36.0 Å². The molecular formula is C21H16FN7O. The molecule has 0 aromatic carbocycles. The molecule has 1 aliphatic rings. The molecule has 0 amide bonds. The van der Waals surface area contributed by atoms with Crippen molar-refractivity contribution < 1.29 is 9.18 Å². The van der Waals surface area contributed by atoms with Gasteiger partial charge < -0.3 is 0 Å². The zero-order chi connectivity index (χ0) is 20.7. The lowest BCUT2D eigenvalue weighted by atomic mass is 9.94. The van der Waals surface area contributed by atoms with Gasteiger partial charge in [0.25, 0.3) is 0 Å². The first kappa shape index (κ1) is 18.1. The zero-order valence-corrected chi connectivity index (χ0v) is 15.9. The van der Waals surface area contributed by atoms with Gasteiger partial charge in [0.1, 0.15) is 22.9 Å². The fourth-order valence-corrected chi connectivity index (χ4v) is 3.81. The van der Waals surface area contributed by atoms with E-state index in [0.29, 0.717) is 46.7 Å². The van der Waals surface area contributed by atoms with Crippen molar-refractivity contribution in [2.75, 3.05) is 0 Å². The van der Waals surface area contributed by atoms with Crippen molar-refractivity contribution in [1.82, 2.24) is 29.4 Å². The minimum atomic E-state index is -0.591. The van der Waals surface area contributed by atoms with Crippen molar-refractivity contribution in [1.29, 1.82) is 5.26 Å². The summed E-state index contributed by atoms with van der Waals surface area (Å²) in [4.78, 5) is 20.0. The van der Waals surface area contributed by atoms with Crippen LogP contribution in [0.15, 0.2) is 43.1 Å². The molecule has 4 aromatic rings. The molecule has 8 nitrogen and oxygen atoms in total. The van der Waals surface area contributed by atoms with Gasteiger partial charge in [0.2, 0.25) is 5.95 Å². The summed E-state index contributed by atoms with van der Waals surface area (Å²) in [6.45, 7) is 0. The van der Waals surface area contributed by atoms with Crippen LogP contribution in [0.2, 0.25) is 0 Å². The van der Waals surface area contributed by atoms with Crippen LogP contribution in [0.1, 0.15) is 37.3 Å². The van der Waals surface area contributed by atoms with Gasteiger partial charge in [-0.2, -0.15) is 19.8 Å². The normalized spacial score (nSPS) is 14.9. The summed E-state index contributed by atoms with van der Waals surface area (Å²) in [5, 5.41) is 18.2. The molecule has 1 aliphatic carbocycles. The Bertz CT molecular complexity index is 1290. The van der Waals surface area contributed by atoms with Crippen LogP contribution in [0.25, 0.3) is 28.0 Å². The Morgan fingerprint density at radius 2 is 1.90 bits per heavy atom. The first-order valence-electron chi connectivity index (χ1n) is 9.59. The number of nitriles is 1. The first-order chi connectivity index (χ1) is 14.6. The molecule has 0 N–H and O–H groups in total. The maximum Gasteiger partial charge on any atom is 0.212 e. The van der Waals surface area contributed by atoms with Crippen LogP contribution >= 0.6 is 0 Å². The lowest BCUT2D eigenvalue weighted by molar-refractivity contribution is -0.120. The molecule has 0 saturated heterocycles. The monoisotopic (exact) mass is 401 g/mol. The second-order valence-electron chi connectivity index (χ2n) is 7.29. The molecule has 4 heterocycles. The standard InChI is InChI=1S/C21H16FN7O/c22-19-6-1-13(8-24-19)20-21-14(7-23)9-26-29(21)12-18(27-20)15-10-25-28(11-15)16-2-4-17(30)5-3-16/h1,6,8-12,16H,2-5H2. The lowest BCUT2D eigenvalue weighted by Crippen LogP contribution is -2.18. The number of carbonyl (C=O) groups is 1. The molecule has 1 fully saturated rings. The van der Waals surface area contributed by atoms with Crippen molar-refractivity contribution in [2.24, 2.45) is 0 Å². The Hall–Kier alpha value is -3.93. The quantitative estimate of drug-likeness (QED) is 0.488. The van der Waals surface area contributed by atoms with Gasteiger partial charge in [-0.1, -0.05) is 0 Å². The maximum atomic E-state index is 13.3. The summed E-state index contributed by atoms with van der Waals surface area (Å²) in [6, 6.07) is 5.14. The van der Waals surface area contributed by atoms with Gasteiger partial charge in [-0.3, -0.25) is 9.48 Å². The Labute approximate surface area is 170 Å². The number of rotatable bonds is 3. The Kier molecular flexibility index (Phi) is 4.32. The van der Waals surface area contributed by atoms with E-state index >= 15 is 0 Å². The minimum absolute atomic E-state index is 0.191. The zero-order valence-electron chi connectivity index (χ0n) is 15.9. The number of carbonyl (C=O) groups excluding carboxylic acids is 1. The van der Waals surface area contributed by atoms with Crippen LogP contribution < -0.4 is 0 Å². The van der Waals surface area contributed by atoms with E-state index < -0.39 is 5.95 Å². The molecule has 1 saturated carbocycles. The number of ketones is 1. The number of hydrogen-bond donors (Lipinski definition) is 0. The summed E-state index contributed by atoms with van der Waals surface area (Å²) in [7, 11) is 0. The second kappa shape index (κ2) is 7.15. The van der Waals surface area contributed by atoms with E-state index in [9.17, 15) is 14.4 Å². The average Bonchev–Trinajstić information content (AvgIpc) is 3.41. The first-order valence-corrected chi connectivity index (χ1v) is 9.59. The minimum Gasteiger partial charge on any atom is -0.300 e. The van der Waals surface area contributed by atoms with Crippen LogP contribution in [0.3, 0.4) is 0 Å². The molecule has 9 heteroatoms. The van der Waals surface area contributed by atoms with Crippen LogP contribution in [-0.4, -0.2) is 35.1 Å². The fourth-order valence-electron chi connectivity index (χ4n) is 3.81. The maximum absolute atomic E-state index is 13.3. The summed E-state index contributed by atoms with van der Waals surface area (Å²) < 4.78 is 16.8. The van der Waals surface area contributed by atoms with E-state index in [0.717, 1.165) is 18.4 Å². The Morgan fingerprint density at radius 1 is 1.07 bits per heavy atom. The number of Topliss-reactive ketones (excluding diaryl/α,β-unsaturated/α-hetero) is 1. The van der Waals surface area contributed by atoms with E-state index in [1.165, 1.54) is 18.5 Å². The number of hydrogen-bond acceptors (Lipinski definition) is 6. The summed E-state index contributed by atoms with van der Waals surface area (Å²) >= 11 is 0. The van der Waals surface area contributed by atoms with Crippen LogP contribution in [0.5, 0.6) is 0 Å². The van der Waals surface area contributed by atoms with Gasteiger partial charge in [-0.25, -0.2) is 14.5 Å². The average molecular weight is 401 g/mol. The predicted octanol–water partition coefficient (Wildman–Crippen LogP) is 3.35. The highest BCUT2D eigenvalue weighted by atomic mass is 19.1. The summed E-state index contributed by atoms with van der Waals surface area (Å²) in [5.74, 6) is -0.289. The molecular weight excluding hydrogens is 385 g/mol. The molecule has 5 rings (SSSR count). The van der Waals surface area contributed by atoms with E-state index in [-0.39, 0.29) is 6.04 Å². The van der Waals surface area contributed by atoms with Gasteiger partial charge in [0, 0.05) is 36.4 Å². The third-order valence-electron chi connectivity index (χ3n) is 5.40. The van der Waals surface area contributed by atoms with Crippen molar-refractivity contribution in [3.63, 3.8) is 0 Å².